The van der Waals surface area contributed by atoms with Crippen LogP contribution >= 0.6 is 57.1 Å². The van der Waals surface area contributed by atoms with Crippen LogP contribution in [0.15, 0.2) is 35.7 Å². The summed E-state index contributed by atoms with van der Waals surface area (Å²) in [5.74, 6) is 0.646. The first-order valence-electron chi connectivity index (χ1n) is 5.42. The Hall–Kier alpha value is 0.0300. The van der Waals surface area contributed by atoms with Crippen molar-refractivity contribution in [3.05, 3.63) is 50.6 Å². The largest absolute Gasteiger partial charge is 0.483 e. The first-order valence-corrected chi connectivity index (χ1v) is 8.58. The van der Waals surface area contributed by atoms with E-state index in [1.54, 1.807) is 29.5 Å². The molecule has 0 radical (unpaired) electrons. The van der Waals surface area contributed by atoms with Gasteiger partial charge in [0, 0.05) is 20.4 Å². The molecule has 0 aliphatic heterocycles. The summed E-state index contributed by atoms with van der Waals surface area (Å²) in [4.78, 5) is 1.21. The minimum absolute atomic E-state index is 0.0397. The molecule has 0 amide bonds. The van der Waals surface area contributed by atoms with E-state index in [-0.39, 0.29) is 6.10 Å². The van der Waals surface area contributed by atoms with Crippen molar-refractivity contribution < 1.29 is 4.74 Å². The van der Waals surface area contributed by atoms with E-state index in [2.05, 4.69) is 34.0 Å². The molecular weight excluding hydrogens is 402 g/mol. The van der Waals surface area contributed by atoms with Crippen molar-refractivity contribution in [2.75, 3.05) is 4.43 Å². The van der Waals surface area contributed by atoms with Crippen LogP contribution in [0, 0.1) is 0 Å². The van der Waals surface area contributed by atoms with E-state index >= 15 is 0 Å². The highest BCUT2D eigenvalue weighted by atomic mass is 127. The fourth-order valence-corrected chi connectivity index (χ4v) is 3.23. The van der Waals surface area contributed by atoms with Gasteiger partial charge >= 0.3 is 0 Å². The molecule has 0 saturated carbocycles. The van der Waals surface area contributed by atoms with Crippen LogP contribution in [0.1, 0.15) is 17.4 Å². The lowest BCUT2D eigenvalue weighted by Crippen LogP contribution is -2.07. The molecule has 2 aromatic rings. The van der Waals surface area contributed by atoms with Gasteiger partial charge in [-0.3, -0.25) is 0 Å². The topological polar surface area (TPSA) is 9.23 Å². The van der Waals surface area contributed by atoms with Gasteiger partial charge in [-0.05, 0) is 30.0 Å². The lowest BCUT2D eigenvalue weighted by atomic mass is 10.2. The van der Waals surface area contributed by atoms with Crippen LogP contribution in [-0.2, 0) is 0 Å². The van der Waals surface area contributed by atoms with Crippen LogP contribution in [0.5, 0.6) is 5.75 Å². The zero-order valence-electron chi connectivity index (χ0n) is 9.41. The standard InChI is InChI=1S/C13H11Cl2IOS/c14-9-3-4-10(15)12(8-9)17-11(5-6-16)13-2-1-7-18-13/h1-4,7-8,11H,5-6H2. The second kappa shape index (κ2) is 6.98. The van der Waals surface area contributed by atoms with Gasteiger partial charge in [-0.1, -0.05) is 51.9 Å². The van der Waals surface area contributed by atoms with Crippen LogP contribution in [0.4, 0.5) is 0 Å². The van der Waals surface area contributed by atoms with Gasteiger partial charge in [0.2, 0.25) is 0 Å². The summed E-state index contributed by atoms with van der Waals surface area (Å²) in [5, 5.41) is 3.28. The molecule has 0 fully saturated rings. The minimum Gasteiger partial charge on any atom is -0.483 e. The maximum absolute atomic E-state index is 6.12. The number of rotatable bonds is 5. The molecule has 5 heteroatoms. The molecule has 1 heterocycles. The third kappa shape index (κ3) is 3.76. The molecule has 0 bridgehead atoms. The highest BCUT2D eigenvalue weighted by molar-refractivity contribution is 14.1. The van der Waals surface area contributed by atoms with Crippen molar-refractivity contribution >= 4 is 57.1 Å². The van der Waals surface area contributed by atoms with Crippen LogP contribution in [-0.4, -0.2) is 4.43 Å². The number of benzene rings is 1. The van der Waals surface area contributed by atoms with Crippen molar-refractivity contribution in [2.45, 2.75) is 12.5 Å². The predicted molar refractivity (Wildman–Crippen MR) is 87.7 cm³/mol. The Morgan fingerprint density at radius 2 is 2.11 bits per heavy atom. The van der Waals surface area contributed by atoms with Gasteiger partial charge in [0.25, 0.3) is 0 Å². The third-order valence-electron chi connectivity index (χ3n) is 2.39. The van der Waals surface area contributed by atoms with Gasteiger partial charge in [-0.2, -0.15) is 0 Å². The maximum Gasteiger partial charge on any atom is 0.140 e. The number of hydrogen-bond donors (Lipinski definition) is 0. The average molecular weight is 413 g/mol. The molecule has 0 saturated heterocycles. The van der Waals surface area contributed by atoms with Crippen LogP contribution in [0.25, 0.3) is 0 Å². The van der Waals surface area contributed by atoms with Gasteiger partial charge in [0.05, 0.1) is 5.02 Å². The Morgan fingerprint density at radius 1 is 1.28 bits per heavy atom. The van der Waals surface area contributed by atoms with E-state index in [0.717, 1.165) is 10.8 Å². The average Bonchev–Trinajstić information content (AvgIpc) is 2.87. The van der Waals surface area contributed by atoms with E-state index in [4.69, 9.17) is 27.9 Å². The fraction of sp³-hybridized carbons (Fsp3) is 0.231. The lowest BCUT2D eigenvalue weighted by Gasteiger charge is -2.18. The molecule has 0 aliphatic rings. The van der Waals surface area contributed by atoms with Crippen LogP contribution in [0.3, 0.4) is 0 Å². The summed E-state index contributed by atoms with van der Waals surface area (Å²) in [7, 11) is 0. The summed E-state index contributed by atoms with van der Waals surface area (Å²) >= 11 is 16.1. The summed E-state index contributed by atoms with van der Waals surface area (Å²) in [6, 6.07) is 9.39. The van der Waals surface area contributed by atoms with Crippen molar-refractivity contribution in [2.24, 2.45) is 0 Å². The molecule has 0 spiro atoms. The zero-order valence-corrected chi connectivity index (χ0v) is 13.9. The molecule has 18 heavy (non-hydrogen) atoms. The van der Waals surface area contributed by atoms with E-state index in [0.29, 0.717) is 15.8 Å². The van der Waals surface area contributed by atoms with Crippen LogP contribution in [0.2, 0.25) is 10.0 Å². The van der Waals surface area contributed by atoms with E-state index in [9.17, 15) is 0 Å². The van der Waals surface area contributed by atoms with Crippen molar-refractivity contribution in [1.82, 2.24) is 0 Å². The van der Waals surface area contributed by atoms with Gasteiger partial charge in [-0.15, -0.1) is 11.3 Å². The first kappa shape index (κ1) is 14.4. The molecule has 1 atom stereocenters. The monoisotopic (exact) mass is 412 g/mol. The highest BCUT2D eigenvalue weighted by Gasteiger charge is 2.15. The summed E-state index contributed by atoms with van der Waals surface area (Å²) in [6.07, 6.45) is 0.988. The molecule has 2 rings (SSSR count). The summed E-state index contributed by atoms with van der Waals surface area (Å²) < 4.78 is 7.03. The highest BCUT2D eigenvalue weighted by Crippen LogP contribution is 2.34. The smallest absolute Gasteiger partial charge is 0.140 e. The second-order valence-electron chi connectivity index (χ2n) is 3.67. The third-order valence-corrected chi connectivity index (χ3v) is 4.53. The molecule has 0 aliphatic carbocycles. The number of ether oxygens (including phenoxy) is 1. The number of hydrogen-bond acceptors (Lipinski definition) is 2. The van der Waals surface area contributed by atoms with Crippen LogP contribution < -0.4 is 4.74 Å². The van der Waals surface area contributed by atoms with Gasteiger partial charge in [0.15, 0.2) is 0 Å². The Balaban J connectivity index is 2.21. The molecule has 1 aromatic heterocycles. The molecule has 96 valence electrons. The quantitative estimate of drug-likeness (QED) is 0.432. The predicted octanol–water partition coefficient (Wildman–Crippen LogP) is 6.00. The minimum atomic E-state index is 0.0397. The maximum atomic E-state index is 6.12. The van der Waals surface area contributed by atoms with Crippen molar-refractivity contribution in [3.63, 3.8) is 0 Å². The molecular formula is C13H11Cl2IOS. The lowest BCUT2D eigenvalue weighted by molar-refractivity contribution is 0.207. The Kier molecular flexibility index (Phi) is 5.60. The first-order chi connectivity index (χ1) is 8.70. The summed E-state index contributed by atoms with van der Waals surface area (Å²) in [6.45, 7) is 0. The number of halogens is 3. The Labute approximate surface area is 134 Å². The Morgan fingerprint density at radius 3 is 2.78 bits per heavy atom. The van der Waals surface area contributed by atoms with E-state index in [1.165, 1.54) is 4.88 Å². The Bertz CT molecular complexity index is 502. The summed E-state index contributed by atoms with van der Waals surface area (Å²) in [5.41, 5.74) is 0. The fourth-order valence-electron chi connectivity index (χ4n) is 1.55. The number of thiophene rings is 1. The van der Waals surface area contributed by atoms with Gasteiger partial charge < -0.3 is 4.74 Å². The molecule has 1 nitrogen and oxygen atoms in total. The normalized spacial score (nSPS) is 12.4. The zero-order chi connectivity index (χ0) is 13.0. The molecule has 1 aromatic carbocycles. The molecule has 0 N–H and O–H groups in total. The van der Waals surface area contributed by atoms with Crippen molar-refractivity contribution in [1.29, 1.82) is 0 Å². The van der Waals surface area contributed by atoms with Gasteiger partial charge in [-0.25, -0.2) is 0 Å². The molecule has 1 unspecified atom stereocenters. The second-order valence-corrected chi connectivity index (χ2v) is 6.58. The SMILES string of the molecule is Clc1ccc(Cl)c(OC(CCI)c2cccs2)c1. The van der Waals surface area contributed by atoms with Crippen molar-refractivity contribution in [3.8, 4) is 5.75 Å². The number of alkyl halides is 1. The van der Waals surface area contributed by atoms with Gasteiger partial charge in [0.1, 0.15) is 11.9 Å². The van der Waals surface area contributed by atoms with E-state index in [1.807, 2.05) is 6.07 Å². The van der Waals surface area contributed by atoms with E-state index < -0.39 is 0 Å².